The van der Waals surface area contributed by atoms with Gasteiger partial charge in [0.1, 0.15) is 11.5 Å². The Morgan fingerprint density at radius 2 is 2.20 bits per heavy atom. The first-order valence-electron chi connectivity index (χ1n) is 6.89. The van der Waals surface area contributed by atoms with Gasteiger partial charge in [-0.25, -0.2) is 0 Å². The van der Waals surface area contributed by atoms with Gasteiger partial charge in [0, 0.05) is 26.1 Å². The summed E-state index contributed by atoms with van der Waals surface area (Å²) in [5.41, 5.74) is 6.93. The fourth-order valence-corrected chi connectivity index (χ4v) is 1.92. The average molecular weight is 281 g/mol. The van der Waals surface area contributed by atoms with Crippen molar-refractivity contribution >= 4 is 11.7 Å². The maximum Gasteiger partial charge on any atom is 0.272 e. The van der Waals surface area contributed by atoms with Crippen LogP contribution in [0.2, 0.25) is 0 Å². The molecule has 0 bridgehead atoms. The summed E-state index contributed by atoms with van der Waals surface area (Å²) in [5.74, 6) is 0.0433. The Balaban J connectivity index is 2.87. The molecule has 0 aromatic carbocycles. The lowest BCUT2D eigenvalue weighted by molar-refractivity contribution is 0.0756. The van der Waals surface area contributed by atoms with Crippen LogP contribution in [0.25, 0.3) is 0 Å². The lowest BCUT2D eigenvalue weighted by Gasteiger charge is -2.20. The van der Waals surface area contributed by atoms with Gasteiger partial charge >= 0.3 is 0 Å². The highest BCUT2D eigenvalue weighted by Gasteiger charge is 2.19. The van der Waals surface area contributed by atoms with E-state index in [2.05, 4.69) is 10.3 Å². The summed E-state index contributed by atoms with van der Waals surface area (Å²) >= 11 is 0. The van der Waals surface area contributed by atoms with Gasteiger partial charge in [0.25, 0.3) is 5.91 Å². The lowest BCUT2D eigenvalue weighted by atomic mass is 10.2. The van der Waals surface area contributed by atoms with E-state index in [0.717, 1.165) is 12.1 Å². The van der Waals surface area contributed by atoms with E-state index < -0.39 is 0 Å². The second-order valence-corrected chi connectivity index (χ2v) is 4.42. The van der Waals surface area contributed by atoms with Crippen LogP contribution in [0.5, 0.6) is 0 Å². The molecular formula is C13H23N5O2. The normalized spacial score (nSPS) is 11.7. The van der Waals surface area contributed by atoms with E-state index >= 15 is 0 Å². The Morgan fingerprint density at radius 3 is 2.70 bits per heavy atom. The Labute approximate surface area is 119 Å². The quantitative estimate of drug-likeness (QED) is 0.338. The van der Waals surface area contributed by atoms with Crippen molar-refractivity contribution in [3.8, 4) is 0 Å². The maximum absolute atomic E-state index is 12.5. The molecule has 0 saturated carbocycles. The van der Waals surface area contributed by atoms with Crippen molar-refractivity contribution in [3.05, 3.63) is 17.5 Å². The summed E-state index contributed by atoms with van der Waals surface area (Å²) in [6.45, 7) is 7.49. The van der Waals surface area contributed by atoms with Crippen molar-refractivity contribution in [2.45, 2.75) is 40.2 Å². The third-order valence-electron chi connectivity index (χ3n) is 3.15. The molecule has 0 radical (unpaired) electrons. The second-order valence-electron chi connectivity index (χ2n) is 4.42. The SMILES string of the molecule is CCc1cc(C(=O)N(CC)CCC(N)=NO)n(CC)n1. The van der Waals surface area contributed by atoms with Crippen LogP contribution in [0.3, 0.4) is 0 Å². The number of aryl methyl sites for hydroxylation is 2. The molecule has 1 aromatic rings. The van der Waals surface area contributed by atoms with Crippen LogP contribution in [-0.4, -0.2) is 44.7 Å². The summed E-state index contributed by atoms with van der Waals surface area (Å²) in [7, 11) is 0. The molecule has 0 spiro atoms. The van der Waals surface area contributed by atoms with Crippen LogP contribution in [0.4, 0.5) is 0 Å². The van der Waals surface area contributed by atoms with E-state index in [1.165, 1.54) is 0 Å². The van der Waals surface area contributed by atoms with Gasteiger partial charge < -0.3 is 15.8 Å². The van der Waals surface area contributed by atoms with E-state index in [4.69, 9.17) is 10.9 Å². The summed E-state index contributed by atoms with van der Waals surface area (Å²) in [5, 5.41) is 15.8. The van der Waals surface area contributed by atoms with E-state index in [-0.39, 0.29) is 11.7 Å². The van der Waals surface area contributed by atoms with Gasteiger partial charge in [0.15, 0.2) is 0 Å². The number of oxime groups is 1. The summed E-state index contributed by atoms with van der Waals surface area (Å²) in [6, 6.07) is 1.83. The number of carbonyl (C=O) groups is 1. The first-order chi connectivity index (χ1) is 9.57. The van der Waals surface area contributed by atoms with E-state index in [1.54, 1.807) is 9.58 Å². The fraction of sp³-hybridized carbons (Fsp3) is 0.615. The first kappa shape index (κ1) is 16.0. The minimum absolute atomic E-state index is 0.0766. The lowest BCUT2D eigenvalue weighted by Crippen LogP contribution is -2.35. The number of amides is 1. The van der Waals surface area contributed by atoms with Crippen LogP contribution in [0, 0.1) is 0 Å². The molecular weight excluding hydrogens is 258 g/mol. The van der Waals surface area contributed by atoms with Gasteiger partial charge in [-0.3, -0.25) is 9.48 Å². The van der Waals surface area contributed by atoms with Gasteiger partial charge in [0.2, 0.25) is 0 Å². The summed E-state index contributed by atoms with van der Waals surface area (Å²) < 4.78 is 1.72. The van der Waals surface area contributed by atoms with Crippen molar-refractivity contribution in [2.75, 3.05) is 13.1 Å². The molecule has 0 aliphatic heterocycles. The van der Waals surface area contributed by atoms with Crippen molar-refractivity contribution in [1.82, 2.24) is 14.7 Å². The zero-order valence-corrected chi connectivity index (χ0v) is 12.3. The monoisotopic (exact) mass is 281 g/mol. The molecule has 0 saturated heterocycles. The minimum atomic E-state index is -0.0766. The van der Waals surface area contributed by atoms with Crippen molar-refractivity contribution in [1.29, 1.82) is 0 Å². The molecule has 112 valence electrons. The number of carbonyl (C=O) groups excluding carboxylic acids is 1. The average Bonchev–Trinajstić information content (AvgIpc) is 2.90. The Morgan fingerprint density at radius 1 is 1.50 bits per heavy atom. The third kappa shape index (κ3) is 3.72. The molecule has 20 heavy (non-hydrogen) atoms. The highest BCUT2D eigenvalue weighted by molar-refractivity contribution is 5.93. The number of aromatic nitrogens is 2. The van der Waals surface area contributed by atoms with Gasteiger partial charge in [-0.15, -0.1) is 0 Å². The Kier molecular flexibility index (Phi) is 6.02. The number of hydrogen-bond donors (Lipinski definition) is 2. The Hall–Kier alpha value is -2.05. The highest BCUT2D eigenvalue weighted by Crippen LogP contribution is 2.09. The van der Waals surface area contributed by atoms with Crippen molar-refractivity contribution in [2.24, 2.45) is 10.9 Å². The third-order valence-corrected chi connectivity index (χ3v) is 3.15. The van der Waals surface area contributed by atoms with E-state index in [9.17, 15) is 4.79 Å². The second kappa shape index (κ2) is 7.52. The van der Waals surface area contributed by atoms with Gasteiger partial charge in [-0.05, 0) is 26.3 Å². The highest BCUT2D eigenvalue weighted by atomic mass is 16.4. The van der Waals surface area contributed by atoms with Crippen molar-refractivity contribution in [3.63, 3.8) is 0 Å². The van der Waals surface area contributed by atoms with Crippen LogP contribution in [-0.2, 0) is 13.0 Å². The van der Waals surface area contributed by atoms with Gasteiger partial charge in [0.05, 0.1) is 5.69 Å². The number of nitrogens with zero attached hydrogens (tertiary/aromatic N) is 4. The molecule has 3 N–H and O–H groups in total. The number of amidine groups is 1. The number of nitrogens with two attached hydrogens (primary N) is 1. The minimum Gasteiger partial charge on any atom is -0.409 e. The topological polar surface area (TPSA) is 96.7 Å². The smallest absolute Gasteiger partial charge is 0.272 e. The standard InChI is InChI=1S/C13H23N5O2/c1-4-10-9-11(18(6-3)15-10)13(19)17(5-2)8-7-12(14)16-20/h9,20H,4-8H2,1-3H3,(H2,14,16). The zero-order chi connectivity index (χ0) is 15.1. The molecule has 0 aliphatic carbocycles. The molecule has 0 fully saturated rings. The molecule has 0 aliphatic rings. The molecule has 1 amide bonds. The molecule has 1 aromatic heterocycles. The number of hydrogen-bond acceptors (Lipinski definition) is 4. The van der Waals surface area contributed by atoms with E-state index in [0.29, 0.717) is 31.7 Å². The summed E-state index contributed by atoms with van der Waals surface area (Å²) in [4.78, 5) is 14.2. The molecule has 0 atom stereocenters. The van der Waals surface area contributed by atoms with Crippen LogP contribution in [0.15, 0.2) is 11.2 Å². The van der Waals surface area contributed by atoms with Crippen LogP contribution in [0.1, 0.15) is 43.4 Å². The van der Waals surface area contributed by atoms with Crippen LogP contribution >= 0.6 is 0 Å². The predicted molar refractivity (Wildman–Crippen MR) is 76.9 cm³/mol. The molecule has 0 unspecified atom stereocenters. The molecule has 7 nitrogen and oxygen atoms in total. The van der Waals surface area contributed by atoms with Crippen molar-refractivity contribution < 1.29 is 10.0 Å². The van der Waals surface area contributed by atoms with Gasteiger partial charge in [-0.2, -0.15) is 5.10 Å². The van der Waals surface area contributed by atoms with Crippen LogP contribution < -0.4 is 5.73 Å². The van der Waals surface area contributed by atoms with Gasteiger partial charge in [-0.1, -0.05) is 12.1 Å². The molecule has 1 heterocycles. The van der Waals surface area contributed by atoms with E-state index in [1.807, 2.05) is 26.8 Å². The fourth-order valence-electron chi connectivity index (χ4n) is 1.92. The maximum atomic E-state index is 12.5. The summed E-state index contributed by atoms with van der Waals surface area (Å²) in [6.07, 6.45) is 1.14. The number of rotatable bonds is 7. The largest absolute Gasteiger partial charge is 0.409 e. The first-order valence-corrected chi connectivity index (χ1v) is 6.89. The molecule has 1 rings (SSSR count). The Bertz CT molecular complexity index is 481. The molecule has 7 heteroatoms. The zero-order valence-electron chi connectivity index (χ0n) is 12.3. The predicted octanol–water partition coefficient (Wildman–Crippen LogP) is 1.06.